The number of ether oxygens (including phenoxy) is 4. The zero-order valence-electron chi connectivity index (χ0n) is 28.8. The average Bonchev–Trinajstić information content (AvgIpc) is 3.62. The van der Waals surface area contributed by atoms with E-state index in [9.17, 15) is 20.1 Å². The van der Waals surface area contributed by atoms with E-state index in [1.807, 2.05) is 0 Å². The van der Waals surface area contributed by atoms with Gasteiger partial charge in [0.15, 0.2) is 0 Å². The van der Waals surface area contributed by atoms with Gasteiger partial charge in [-0.1, -0.05) is 0 Å². The lowest BCUT2D eigenvalue weighted by molar-refractivity contribution is -0.703. The smallest absolute Gasteiger partial charge is 0.302 e. The van der Waals surface area contributed by atoms with E-state index in [0.29, 0.717) is 55.0 Å². The van der Waals surface area contributed by atoms with Gasteiger partial charge in [0, 0.05) is 32.3 Å². The molecule has 0 aromatic carbocycles. The Balaban J connectivity index is 1.20. The highest BCUT2D eigenvalue weighted by Crippen LogP contribution is 2.68. The number of carbonyl (C=O) groups is 1. The molecule has 0 radical (unpaired) electrons. The first-order chi connectivity index (χ1) is 22.7. The minimum Gasteiger partial charge on any atom is -0.465 e. The van der Waals surface area contributed by atoms with E-state index in [1.54, 1.807) is 7.11 Å². The summed E-state index contributed by atoms with van der Waals surface area (Å²) in [5.74, 6) is 3.41. The van der Waals surface area contributed by atoms with Crippen LogP contribution in [-0.2, 0) is 23.7 Å². The summed E-state index contributed by atoms with van der Waals surface area (Å²) in [5.41, 5.74) is 6.38. The zero-order valence-corrected chi connectivity index (χ0v) is 28.8. The quantitative estimate of drug-likeness (QED) is 0.194. The van der Waals surface area contributed by atoms with Gasteiger partial charge in [0.2, 0.25) is 0 Å². The lowest BCUT2D eigenvalue weighted by Gasteiger charge is -2.61. The summed E-state index contributed by atoms with van der Waals surface area (Å²) in [6.45, 7) is 2.72. The maximum atomic E-state index is 12.1. The van der Waals surface area contributed by atoms with Crippen molar-refractivity contribution in [1.82, 2.24) is 0 Å². The fourth-order valence-corrected chi connectivity index (χ4v) is 13.0. The van der Waals surface area contributed by atoms with Crippen molar-refractivity contribution in [3.05, 3.63) is 0 Å². The van der Waals surface area contributed by atoms with E-state index in [2.05, 4.69) is 5.32 Å². The predicted octanol–water partition coefficient (Wildman–Crippen LogP) is 2.31. The molecule has 1 spiro atoms. The fourth-order valence-electron chi connectivity index (χ4n) is 13.0. The molecule has 7 aliphatic rings. The lowest BCUT2D eigenvalue weighted by Crippen LogP contribution is -2.95. The van der Waals surface area contributed by atoms with Crippen LogP contribution >= 0.6 is 0 Å². The monoisotopic (exact) mass is 663 g/mol. The third kappa shape index (κ3) is 6.80. The van der Waals surface area contributed by atoms with Crippen molar-refractivity contribution in [1.29, 1.82) is 0 Å². The van der Waals surface area contributed by atoms with Gasteiger partial charge in [0.1, 0.15) is 13.0 Å². The van der Waals surface area contributed by atoms with Crippen LogP contribution in [0.1, 0.15) is 96.8 Å². The maximum absolute atomic E-state index is 12.1. The Labute approximate surface area is 281 Å². The summed E-state index contributed by atoms with van der Waals surface area (Å²) >= 11 is 0. The molecule has 5 saturated carbocycles. The average molecular weight is 664 g/mol. The van der Waals surface area contributed by atoms with E-state index in [4.69, 9.17) is 24.7 Å². The van der Waals surface area contributed by atoms with Gasteiger partial charge in [-0.2, -0.15) is 0 Å². The summed E-state index contributed by atoms with van der Waals surface area (Å²) in [6, 6.07) is 0. The number of aliphatic hydroxyl groups excluding tert-OH is 3. The van der Waals surface area contributed by atoms with Crippen molar-refractivity contribution < 1.29 is 44.4 Å². The number of piperidine rings is 1. The summed E-state index contributed by atoms with van der Waals surface area (Å²) in [7, 11) is 1.69. The van der Waals surface area contributed by atoms with Crippen LogP contribution in [0.15, 0.2) is 0 Å². The number of fused-ring (bicyclic) bond motifs is 6. The van der Waals surface area contributed by atoms with Crippen LogP contribution in [0.5, 0.6) is 0 Å². The van der Waals surface area contributed by atoms with Crippen LogP contribution in [0.25, 0.3) is 0 Å². The molecule has 7 fully saturated rings. The van der Waals surface area contributed by atoms with Crippen molar-refractivity contribution >= 4 is 5.97 Å². The molecule has 10 nitrogen and oxygen atoms in total. The molecule has 17 atom stereocenters. The van der Waals surface area contributed by atoms with Crippen LogP contribution in [0, 0.1) is 58.7 Å². The van der Waals surface area contributed by atoms with E-state index in [1.165, 1.54) is 39.0 Å². The molecule has 268 valence electrons. The second-order valence-electron chi connectivity index (χ2n) is 17.2. The van der Waals surface area contributed by atoms with Crippen LogP contribution in [0.2, 0.25) is 0 Å². The minimum absolute atomic E-state index is 0.0279. The van der Waals surface area contributed by atoms with Crippen molar-refractivity contribution in [2.75, 3.05) is 27.1 Å². The molecule has 2 heterocycles. The molecule has 10 heteroatoms. The first kappa shape index (κ1) is 34.6. The molecule has 47 heavy (non-hydrogen) atoms. The second kappa shape index (κ2) is 14.4. The number of rotatable bonds is 8. The molecule has 0 aromatic heterocycles. The molecule has 2 aliphatic heterocycles. The summed E-state index contributed by atoms with van der Waals surface area (Å²) in [4.78, 5) is 12.1. The standard InChI is InChI=1S/C37H62N2O8/c1-20(41)45-18-28-26-5-6-27-33-24(12-25(42)14-31(33)46-19-40)16-37(10-9-21(15-37)11-22-3-8-32(38)39-17-22)34(27)36(26)47-35(28)23-4-7-29(43)30(13-23)44-2/h21-36,39-40,42-43H,3-19,38H2,1-2H3/p+1/t21-,22?,23?,24?,25?,26?,27?,28+,29?,30?,31?,32?,33?,34?,35+,36?,37-/m0/s1. The highest BCUT2D eigenvalue weighted by Gasteiger charge is 2.65. The SMILES string of the molecule is COC1CC([C@H]2OC3C(CCC4C5C(CC(O)CC5OCO)C[C@@]5(CC[C@@H](CC6CCC(N)[NH2+]C6)C5)C43)[C@H]2COC(C)=O)CCC1O. The molecule has 13 unspecified atom stereocenters. The first-order valence-corrected chi connectivity index (χ1v) is 19.2. The number of aliphatic hydroxyl groups is 3. The molecule has 0 bridgehead atoms. The van der Waals surface area contributed by atoms with E-state index >= 15 is 0 Å². The van der Waals surface area contributed by atoms with Gasteiger partial charge in [0.25, 0.3) is 0 Å². The van der Waals surface area contributed by atoms with E-state index in [0.717, 1.165) is 57.4 Å². The normalized spacial score (nSPS) is 51.3. The summed E-state index contributed by atoms with van der Waals surface area (Å²) in [5, 5.41) is 33.9. The Bertz CT molecular complexity index is 1070. The van der Waals surface area contributed by atoms with Gasteiger partial charge >= 0.3 is 5.97 Å². The number of esters is 1. The Morgan fingerprint density at radius 1 is 0.936 bits per heavy atom. The summed E-state index contributed by atoms with van der Waals surface area (Å²) in [6.07, 6.45) is 13.5. The topological polar surface area (TPSA) is 157 Å². The Hall–Kier alpha value is -0.850. The Morgan fingerprint density at radius 3 is 2.51 bits per heavy atom. The number of hydrogen-bond donors (Lipinski definition) is 5. The van der Waals surface area contributed by atoms with Gasteiger partial charge in [-0.15, -0.1) is 0 Å². The van der Waals surface area contributed by atoms with Gasteiger partial charge < -0.3 is 39.6 Å². The Morgan fingerprint density at radius 2 is 1.77 bits per heavy atom. The van der Waals surface area contributed by atoms with Gasteiger partial charge in [0.05, 0.1) is 49.8 Å². The Kier molecular flexibility index (Phi) is 10.6. The molecular formula is C37H63N2O8+. The third-order valence-electron chi connectivity index (χ3n) is 14.7. The number of methoxy groups -OCH3 is 1. The van der Waals surface area contributed by atoms with Gasteiger partial charge in [-0.25, -0.2) is 0 Å². The van der Waals surface area contributed by atoms with Crippen molar-refractivity contribution in [3.8, 4) is 0 Å². The number of hydrogen-bond acceptors (Lipinski definition) is 9. The second-order valence-corrected chi connectivity index (χ2v) is 17.2. The van der Waals surface area contributed by atoms with E-state index < -0.39 is 6.10 Å². The van der Waals surface area contributed by atoms with Crippen molar-refractivity contribution in [2.24, 2.45) is 64.4 Å². The number of quaternary nitrogens is 1. The number of carbonyl (C=O) groups excluding carboxylic acids is 1. The summed E-state index contributed by atoms with van der Waals surface area (Å²) < 4.78 is 25.0. The number of nitrogens with two attached hydrogens (primary N) is 2. The maximum Gasteiger partial charge on any atom is 0.302 e. The lowest BCUT2D eigenvalue weighted by atomic mass is 9.45. The third-order valence-corrected chi connectivity index (χ3v) is 14.7. The van der Waals surface area contributed by atoms with E-state index in [-0.39, 0.29) is 66.7 Å². The minimum atomic E-state index is -0.451. The van der Waals surface area contributed by atoms with Crippen LogP contribution in [0.3, 0.4) is 0 Å². The van der Waals surface area contributed by atoms with Gasteiger partial charge in [-0.05, 0) is 130 Å². The van der Waals surface area contributed by atoms with Crippen LogP contribution in [-0.4, -0.2) is 91.1 Å². The van der Waals surface area contributed by atoms with Crippen LogP contribution < -0.4 is 11.1 Å². The molecule has 0 aromatic rings. The predicted molar refractivity (Wildman–Crippen MR) is 173 cm³/mol. The molecule has 2 saturated heterocycles. The zero-order chi connectivity index (χ0) is 32.9. The first-order valence-electron chi connectivity index (χ1n) is 19.2. The molecule has 7 rings (SSSR count). The van der Waals surface area contributed by atoms with Gasteiger partial charge in [-0.3, -0.25) is 10.5 Å². The largest absolute Gasteiger partial charge is 0.465 e. The molecule has 5 aliphatic carbocycles. The molecule has 0 amide bonds. The molecular weight excluding hydrogens is 600 g/mol. The van der Waals surface area contributed by atoms with Crippen LogP contribution in [0.4, 0.5) is 0 Å². The van der Waals surface area contributed by atoms with Crippen molar-refractivity contribution in [2.45, 2.75) is 140 Å². The van der Waals surface area contributed by atoms with Crippen molar-refractivity contribution in [3.63, 3.8) is 0 Å². The fraction of sp³-hybridized carbons (Fsp3) is 0.973. The highest BCUT2D eigenvalue weighted by atomic mass is 16.6. The highest BCUT2D eigenvalue weighted by molar-refractivity contribution is 5.65. The molecule has 7 N–H and O–H groups in total.